The fourth-order valence-corrected chi connectivity index (χ4v) is 2.89. The summed E-state index contributed by atoms with van der Waals surface area (Å²) in [5.41, 5.74) is 2.35. The van der Waals surface area contributed by atoms with Gasteiger partial charge < -0.3 is 25.0 Å². The number of hydrogen-bond donors (Lipinski definition) is 3. The van der Waals surface area contributed by atoms with Crippen LogP contribution >= 0.6 is 0 Å². The highest BCUT2D eigenvalue weighted by atomic mass is 16.5. The average molecular weight is 395 g/mol. The number of methoxy groups -OCH3 is 1. The molecule has 0 saturated carbocycles. The predicted molar refractivity (Wildman–Crippen MR) is 107 cm³/mol. The van der Waals surface area contributed by atoms with Crippen LogP contribution in [0.15, 0.2) is 54.7 Å². The number of esters is 1. The van der Waals surface area contributed by atoms with Gasteiger partial charge in [-0.2, -0.15) is 0 Å². The number of hydrogen-bond acceptors (Lipinski definition) is 5. The van der Waals surface area contributed by atoms with Crippen LogP contribution in [-0.4, -0.2) is 41.1 Å². The number of nitrogens with zero attached hydrogens (tertiary/aromatic N) is 1. The number of amides is 2. The molecule has 0 bridgehead atoms. The third-order valence-electron chi connectivity index (χ3n) is 4.52. The number of aliphatic hydroxyl groups excluding tert-OH is 1. The zero-order valence-electron chi connectivity index (χ0n) is 16.0. The molecule has 0 unspecified atom stereocenters. The minimum atomic E-state index is -0.948. The van der Waals surface area contributed by atoms with Crippen molar-refractivity contribution in [3.05, 3.63) is 65.9 Å². The van der Waals surface area contributed by atoms with Gasteiger partial charge in [0.1, 0.15) is 0 Å². The summed E-state index contributed by atoms with van der Waals surface area (Å²) in [5.74, 6) is -2.24. The summed E-state index contributed by atoms with van der Waals surface area (Å²) >= 11 is 0. The van der Waals surface area contributed by atoms with Crippen LogP contribution in [0.4, 0.5) is 5.69 Å². The van der Waals surface area contributed by atoms with E-state index in [0.717, 1.165) is 10.9 Å². The molecule has 0 spiro atoms. The zero-order valence-corrected chi connectivity index (χ0v) is 16.0. The minimum Gasteiger partial charge on any atom is -0.465 e. The molecule has 29 heavy (non-hydrogen) atoms. The summed E-state index contributed by atoms with van der Waals surface area (Å²) in [7, 11) is 3.20. The number of aliphatic hydroxyl groups is 1. The molecule has 0 aliphatic heterocycles. The largest absolute Gasteiger partial charge is 0.465 e. The molecule has 1 heterocycles. The van der Waals surface area contributed by atoms with Crippen molar-refractivity contribution < 1.29 is 24.2 Å². The molecule has 2 amide bonds. The number of benzene rings is 2. The van der Waals surface area contributed by atoms with Gasteiger partial charge >= 0.3 is 17.8 Å². The Kier molecular flexibility index (Phi) is 5.94. The number of aromatic nitrogens is 1. The predicted octanol–water partition coefficient (Wildman–Crippen LogP) is 1.75. The maximum absolute atomic E-state index is 12.0. The Morgan fingerprint density at radius 2 is 1.79 bits per heavy atom. The van der Waals surface area contributed by atoms with E-state index in [1.54, 1.807) is 6.07 Å². The van der Waals surface area contributed by atoms with Gasteiger partial charge in [0, 0.05) is 31.0 Å². The van der Waals surface area contributed by atoms with Crippen molar-refractivity contribution in [2.75, 3.05) is 19.0 Å². The molecule has 0 saturated heterocycles. The first-order chi connectivity index (χ1) is 13.9. The van der Waals surface area contributed by atoms with Gasteiger partial charge in [-0.15, -0.1) is 0 Å². The van der Waals surface area contributed by atoms with Gasteiger partial charge in [0.2, 0.25) is 0 Å². The molecule has 3 N–H and O–H groups in total. The number of carbonyl (C=O) groups is 3. The van der Waals surface area contributed by atoms with Gasteiger partial charge in [-0.1, -0.05) is 6.07 Å². The lowest BCUT2D eigenvalue weighted by Gasteiger charge is -2.13. The first-order valence-electron chi connectivity index (χ1n) is 8.89. The Morgan fingerprint density at radius 3 is 2.48 bits per heavy atom. The third-order valence-corrected chi connectivity index (χ3v) is 4.52. The van der Waals surface area contributed by atoms with Gasteiger partial charge in [-0.3, -0.25) is 9.59 Å². The second-order valence-corrected chi connectivity index (χ2v) is 6.49. The van der Waals surface area contributed by atoms with Crippen LogP contribution in [0.3, 0.4) is 0 Å². The van der Waals surface area contributed by atoms with E-state index in [1.165, 1.54) is 31.4 Å². The van der Waals surface area contributed by atoms with E-state index in [-0.39, 0.29) is 6.54 Å². The second-order valence-electron chi connectivity index (χ2n) is 6.49. The van der Waals surface area contributed by atoms with Crippen molar-refractivity contribution in [2.24, 2.45) is 7.05 Å². The first-order valence-corrected chi connectivity index (χ1v) is 8.89. The Morgan fingerprint density at radius 1 is 1.07 bits per heavy atom. The lowest BCUT2D eigenvalue weighted by Crippen LogP contribution is -2.37. The van der Waals surface area contributed by atoms with Crippen LogP contribution in [-0.2, 0) is 21.4 Å². The number of nitrogens with one attached hydrogen (secondary N) is 2. The number of anilines is 1. The highest BCUT2D eigenvalue weighted by Crippen LogP contribution is 2.20. The molecule has 8 heteroatoms. The van der Waals surface area contributed by atoms with Gasteiger partial charge in [-0.05, 0) is 53.4 Å². The minimum absolute atomic E-state index is 0.105. The van der Waals surface area contributed by atoms with E-state index >= 15 is 0 Å². The molecule has 0 radical (unpaired) electrons. The zero-order chi connectivity index (χ0) is 21.0. The van der Waals surface area contributed by atoms with Crippen molar-refractivity contribution in [3.8, 4) is 0 Å². The Labute approximate surface area is 167 Å². The van der Waals surface area contributed by atoms with Gasteiger partial charge in [0.25, 0.3) is 0 Å². The number of ether oxygens (including phenoxy) is 1. The van der Waals surface area contributed by atoms with Crippen LogP contribution in [0.2, 0.25) is 0 Å². The first kappa shape index (κ1) is 20.1. The summed E-state index contributed by atoms with van der Waals surface area (Å²) in [6.45, 7) is -0.105. The van der Waals surface area contributed by atoms with Gasteiger partial charge in [-0.25, -0.2) is 4.79 Å². The molecule has 1 atom stereocenters. The van der Waals surface area contributed by atoms with E-state index in [1.807, 2.05) is 36.0 Å². The van der Waals surface area contributed by atoms with E-state index in [2.05, 4.69) is 15.4 Å². The van der Waals surface area contributed by atoms with E-state index < -0.39 is 23.9 Å². The smallest absolute Gasteiger partial charge is 0.337 e. The standard InChI is InChI=1S/C21H21N3O5/c1-24-10-9-14-11-15(5-8-17(14)24)18(25)12-22-19(26)20(27)23-16-6-3-13(4-7-16)21(28)29-2/h3-11,18,25H,12H2,1-2H3,(H,22,26)(H,23,27)/t18-/m0/s1. The summed E-state index contributed by atoms with van der Waals surface area (Å²) in [5, 5.41) is 16.1. The lowest BCUT2D eigenvalue weighted by atomic mass is 10.1. The van der Waals surface area contributed by atoms with E-state index in [4.69, 9.17) is 0 Å². The van der Waals surface area contributed by atoms with E-state index in [0.29, 0.717) is 16.8 Å². The monoisotopic (exact) mass is 395 g/mol. The van der Waals surface area contributed by atoms with Crippen molar-refractivity contribution >= 4 is 34.4 Å². The summed E-state index contributed by atoms with van der Waals surface area (Å²) in [6.07, 6.45) is 0.973. The summed E-state index contributed by atoms with van der Waals surface area (Å²) in [6, 6.07) is 13.4. The van der Waals surface area contributed by atoms with Crippen molar-refractivity contribution in [3.63, 3.8) is 0 Å². The van der Waals surface area contributed by atoms with Crippen LogP contribution < -0.4 is 10.6 Å². The third kappa shape index (κ3) is 4.61. The molecule has 150 valence electrons. The molecule has 0 fully saturated rings. The van der Waals surface area contributed by atoms with E-state index in [9.17, 15) is 19.5 Å². The molecule has 1 aromatic heterocycles. The van der Waals surface area contributed by atoms with Crippen LogP contribution in [0.5, 0.6) is 0 Å². The molecule has 0 aliphatic rings. The highest BCUT2D eigenvalue weighted by Gasteiger charge is 2.17. The normalized spacial score (nSPS) is 11.7. The molecule has 8 nitrogen and oxygen atoms in total. The maximum Gasteiger partial charge on any atom is 0.337 e. The molecule has 0 aliphatic carbocycles. The molecule has 3 aromatic rings. The van der Waals surface area contributed by atoms with Crippen molar-refractivity contribution in [1.29, 1.82) is 0 Å². The summed E-state index contributed by atoms with van der Waals surface area (Å²) in [4.78, 5) is 35.4. The average Bonchev–Trinajstić information content (AvgIpc) is 3.11. The fourth-order valence-electron chi connectivity index (χ4n) is 2.89. The highest BCUT2D eigenvalue weighted by molar-refractivity contribution is 6.39. The summed E-state index contributed by atoms with van der Waals surface area (Å²) < 4.78 is 6.56. The number of fused-ring (bicyclic) bond motifs is 1. The maximum atomic E-state index is 12.0. The fraction of sp³-hybridized carbons (Fsp3) is 0.190. The Hall–Kier alpha value is -3.65. The van der Waals surface area contributed by atoms with Gasteiger partial charge in [0.15, 0.2) is 0 Å². The molecule has 2 aromatic carbocycles. The SMILES string of the molecule is COC(=O)c1ccc(NC(=O)C(=O)NC[C@H](O)c2ccc3c(ccn3C)c2)cc1. The van der Waals surface area contributed by atoms with Crippen LogP contribution in [0.1, 0.15) is 22.0 Å². The van der Waals surface area contributed by atoms with Crippen molar-refractivity contribution in [1.82, 2.24) is 9.88 Å². The van der Waals surface area contributed by atoms with Crippen LogP contribution in [0, 0.1) is 0 Å². The number of rotatable bonds is 5. The Balaban J connectivity index is 1.54. The number of carbonyl (C=O) groups excluding carboxylic acids is 3. The lowest BCUT2D eigenvalue weighted by molar-refractivity contribution is -0.136. The van der Waals surface area contributed by atoms with Gasteiger partial charge in [0.05, 0.1) is 18.8 Å². The second kappa shape index (κ2) is 8.57. The molecular weight excluding hydrogens is 374 g/mol. The topological polar surface area (TPSA) is 110 Å². The number of aryl methyl sites for hydroxylation is 1. The quantitative estimate of drug-likeness (QED) is 0.450. The van der Waals surface area contributed by atoms with Crippen molar-refractivity contribution in [2.45, 2.75) is 6.10 Å². The Bertz CT molecular complexity index is 1060. The molecule has 3 rings (SSSR count). The molecular formula is C21H21N3O5. The van der Waals surface area contributed by atoms with Crippen LogP contribution in [0.25, 0.3) is 10.9 Å².